The fourth-order valence-electron chi connectivity index (χ4n) is 1.66. The average molecular weight is 263 g/mol. The molecule has 4 nitrogen and oxygen atoms in total. The van der Waals surface area contributed by atoms with Crippen molar-refractivity contribution in [2.75, 3.05) is 18.5 Å². The first-order valence-electron chi connectivity index (χ1n) is 6.73. The molecular formula is C15H25N3O. The van der Waals surface area contributed by atoms with Gasteiger partial charge < -0.3 is 16.0 Å². The van der Waals surface area contributed by atoms with E-state index >= 15 is 0 Å². The molecule has 0 saturated heterocycles. The van der Waals surface area contributed by atoms with Crippen LogP contribution < -0.4 is 16.0 Å². The number of nitrogens with one attached hydrogen (secondary N) is 1. The molecule has 0 fully saturated rings. The van der Waals surface area contributed by atoms with E-state index in [4.69, 9.17) is 5.73 Å². The van der Waals surface area contributed by atoms with E-state index in [1.54, 1.807) is 0 Å². The summed E-state index contributed by atoms with van der Waals surface area (Å²) in [5, 5.41) is 3.00. The molecule has 0 bridgehead atoms. The molecule has 3 N–H and O–H groups in total. The maximum absolute atomic E-state index is 11.9. The number of anilines is 1. The molecule has 0 aromatic heterocycles. The number of amides is 1. The van der Waals surface area contributed by atoms with Gasteiger partial charge in [-0.25, -0.2) is 0 Å². The Morgan fingerprint density at radius 3 is 2.32 bits per heavy atom. The van der Waals surface area contributed by atoms with Crippen LogP contribution in [0.2, 0.25) is 0 Å². The third-order valence-corrected chi connectivity index (χ3v) is 3.38. The van der Waals surface area contributed by atoms with Gasteiger partial charge in [-0.3, -0.25) is 4.79 Å². The third-order valence-electron chi connectivity index (χ3n) is 3.38. The lowest BCUT2D eigenvalue weighted by molar-refractivity contribution is -0.120. The van der Waals surface area contributed by atoms with Crippen LogP contribution in [0.25, 0.3) is 0 Å². The minimum Gasteiger partial charge on any atom is -0.365 e. The number of nitrogens with zero attached hydrogens (tertiary/aromatic N) is 1. The first-order valence-corrected chi connectivity index (χ1v) is 6.73. The van der Waals surface area contributed by atoms with Crippen molar-refractivity contribution in [2.45, 2.75) is 33.4 Å². The highest BCUT2D eigenvalue weighted by Gasteiger charge is 2.12. The Hall–Kier alpha value is -1.55. The molecule has 1 aromatic carbocycles. The lowest BCUT2D eigenvalue weighted by Crippen LogP contribution is -2.41. The molecule has 0 aliphatic rings. The number of nitrogens with two attached hydrogens (primary N) is 1. The van der Waals surface area contributed by atoms with Crippen molar-refractivity contribution in [1.82, 2.24) is 5.32 Å². The molecule has 1 atom stereocenters. The summed E-state index contributed by atoms with van der Waals surface area (Å²) in [6.07, 6.45) is 0. The second-order valence-corrected chi connectivity index (χ2v) is 5.33. The maximum Gasteiger partial charge on any atom is 0.239 e. The first kappa shape index (κ1) is 15.5. The van der Waals surface area contributed by atoms with Crippen molar-refractivity contribution in [3.8, 4) is 0 Å². The van der Waals surface area contributed by atoms with Gasteiger partial charge in [-0.15, -0.1) is 0 Å². The Morgan fingerprint density at radius 1 is 1.26 bits per heavy atom. The number of benzene rings is 1. The van der Waals surface area contributed by atoms with Crippen LogP contribution in [0.5, 0.6) is 0 Å². The van der Waals surface area contributed by atoms with E-state index in [1.165, 1.54) is 0 Å². The summed E-state index contributed by atoms with van der Waals surface area (Å²) < 4.78 is 0. The number of rotatable bonds is 6. The minimum atomic E-state index is 0.0478. The number of carbonyl (C=O) groups excluding carboxylic acids is 1. The second kappa shape index (κ2) is 7.14. The zero-order valence-corrected chi connectivity index (χ0v) is 12.3. The molecule has 1 unspecified atom stereocenters. The second-order valence-electron chi connectivity index (χ2n) is 5.33. The predicted octanol–water partition coefficient (Wildman–Crippen LogP) is 1.74. The summed E-state index contributed by atoms with van der Waals surface area (Å²) in [4.78, 5) is 13.8. The summed E-state index contributed by atoms with van der Waals surface area (Å²) in [6, 6.07) is 8.14. The van der Waals surface area contributed by atoms with Crippen molar-refractivity contribution >= 4 is 11.6 Å². The molecular weight excluding hydrogens is 238 g/mol. The number of hydrogen-bond acceptors (Lipinski definition) is 3. The number of carbonyl (C=O) groups is 1. The van der Waals surface area contributed by atoms with Crippen LogP contribution in [0, 0.1) is 5.92 Å². The number of likely N-dealkylation sites (N-methyl/N-ethyl adjacent to an activating group) is 1. The van der Waals surface area contributed by atoms with Crippen LogP contribution in [-0.2, 0) is 11.3 Å². The van der Waals surface area contributed by atoms with Crippen molar-refractivity contribution in [1.29, 1.82) is 0 Å². The van der Waals surface area contributed by atoms with Crippen LogP contribution >= 0.6 is 0 Å². The molecule has 19 heavy (non-hydrogen) atoms. The molecule has 1 aromatic rings. The van der Waals surface area contributed by atoms with Crippen LogP contribution in [-0.4, -0.2) is 25.5 Å². The predicted molar refractivity (Wildman–Crippen MR) is 80.0 cm³/mol. The monoisotopic (exact) mass is 263 g/mol. The Kier molecular flexibility index (Phi) is 5.83. The van der Waals surface area contributed by atoms with Crippen molar-refractivity contribution in [3.63, 3.8) is 0 Å². The van der Waals surface area contributed by atoms with E-state index < -0.39 is 0 Å². The van der Waals surface area contributed by atoms with Gasteiger partial charge in [0, 0.05) is 25.3 Å². The van der Waals surface area contributed by atoms with Crippen molar-refractivity contribution in [3.05, 3.63) is 29.8 Å². The highest BCUT2D eigenvalue weighted by Crippen LogP contribution is 2.13. The van der Waals surface area contributed by atoms with E-state index in [1.807, 2.05) is 43.1 Å². The highest BCUT2D eigenvalue weighted by molar-refractivity contribution is 5.81. The van der Waals surface area contributed by atoms with E-state index in [2.05, 4.69) is 19.2 Å². The van der Waals surface area contributed by atoms with Crippen LogP contribution in [0.4, 0.5) is 5.69 Å². The Morgan fingerprint density at radius 2 is 1.84 bits per heavy atom. The maximum atomic E-state index is 11.9. The summed E-state index contributed by atoms with van der Waals surface area (Å²) in [7, 11) is 1.91. The largest absolute Gasteiger partial charge is 0.365 e. The van der Waals surface area contributed by atoms with Gasteiger partial charge >= 0.3 is 0 Å². The van der Waals surface area contributed by atoms with Gasteiger partial charge in [0.05, 0.1) is 6.54 Å². The molecule has 0 saturated carbocycles. The number of hydrogen-bond donors (Lipinski definition) is 2. The van der Waals surface area contributed by atoms with Gasteiger partial charge in [0.2, 0.25) is 5.91 Å². The molecule has 1 rings (SSSR count). The van der Waals surface area contributed by atoms with E-state index in [-0.39, 0.29) is 11.9 Å². The molecule has 0 aliphatic carbocycles. The van der Waals surface area contributed by atoms with Crippen molar-refractivity contribution in [2.24, 2.45) is 11.7 Å². The lowest BCUT2D eigenvalue weighted by Gasteiger charge is -2.22. The van der Waals surface area contributed by atoms with E-state index in [9.17, 15) is 4.79 Å². The molecule has 0 heterocycles. The Balaban J connectivity index is 2.53. The van der Waals surface area contributed by atoms with Crippen LogP contribution in [0.3, 0.4) is 0 Å². The van der Waals surface area contributed by atoms with Gasteiger partial charge in [-0.1, -0.05) is 26.0 Å². The van der Waals surface area contributed by atoms with E-state index in [0.29, 0.717) is 19.0 Å². The lowest BCUT2D eigenvalue weighted by atomic mass is 10.1. The fraction of sp³-hybridized carbons (Fsp3) is 0.533. The molecule has 1 amide bonds. The Labute approximate surface area is 116 Å². The molecule has 106 valence electrons. The van der Waals surface area contributed by atoms with Gasteiger partial charge in [-0.05, 0) is 30.5 Å². The smallest absolute Gasteiger partial charge is 0.239 e. The zero-order chi connectivity index (χ0) is 14.4. The quantitative estimate of drug-likeness (QED) is 0.822. The molecule has 0 radical (unpaired) electrons. The molecule has 0 spiro atoms. The van der Waals surface area contributed by atoms with Crippen LogP contribution in [0.15, 0.2) is 24.3 Å². The minimum absolute atomic E-state index is 0.0478. The first-order chi connectivity index (χ1) is 8.93. The summed E-state index contributed by atoms with van der Waals surface area (Å²) in [5.74, 6) is 0.490. The van der Waals surface area contributed by atoms with Crippen LogP contribution in [0.1, 0.15) is 26.3 Å². The summed E-state index contributed by atoms with van der Waals surface area (Å²) in [6.45, 7) is 7.12. The van der Waals surface area contributed by atoms with Gasteiger partial charge in [-0.2, -0.15) is 0 Å². The normalized spacial score (nSPS) is 12.3. The van der Waals surface area contributed by atoms with Gasteiger partial charge in [0.15, 0.2) is 0 Å². The topological polar surface area (TPSA) is 58.4 Å². The average Bonchev–Trinajstić information content (AvgIpc) is 2.38. The Bertz CT molecular complexity index is 400. The van der Waals surface area contributed by atoms with Crippen molar-refractivity contribution < 1.29 is 4.79 Å². The fourth-order valence-corrected chi connectivity index (χ4v) is 1.66. The van der Waals surface area contributed by atoms with E-state index in [0.717, 1.165) is 11.3 Å². The summed E-state index contributed by atoms with van der Waals surface area (Å²) >= 11 is 0. The van der Waals surface area contributed by atoms with Gasteiger partial charge in [0.1, 0.15) is 0 Å². The highest BCUT2D eigenvalue weighted by atomic mass is 16.2. The summed E-state index contributed by atoms with van der Waals surface area (Å²) in [5.41, 5.74) is 7.67. The zero-order valence-electron chi connectivity index (χ0n) is 12.3. The molecule has 4 heteroatoms. The van der Waals surface area contributed by atoms with Gasteiger partial charge in [0.25, 0.3) is 0 Å². The standard InChI is InChI=1S/C15H25N3O/c1-11(2)12(3)17-15(19)10-18(4)14-7-5-13(9-16)6-8-14/h5-8,11-12H,9-10,16H2,1-4H3,(H,17,19). The molecule has 0 aliphatic heterocycles. The SMILES string of the molecule is CC(C)C(C)NC(=O)CN(C)c1ccc(CN)cc1. The third kappa shape index (κ3) is 4.91.